The number of rotatable bonds is 5. The number of aliphatic carboxylic acids is 2. The molecule has 0 aromatic heterocycles. The third kappa shape index (κ3) is 9.44. The molecule has 1 atom stereocenters. The molecule has 0 aliphatic heterocycles. The van der Waals surface area contributed by atoms with Crippen LogP contribution in [0.25, 0.3) is 0 Å². The van der Waals surface area contributed by atoms with Crippen LogP contribution in [0.4, 0.5) is 0 Å². The second-order valence-corrected chi connectivity index (χ2v) is 5.25. The minimum absolute atomic E-state index is 0.0628. The molecule has 0 spiro atoms. The zero-order chi connectivity index (χ0) is 14.9. The van der Waals surface area contributed by atoms with Gasteiger partial charge < -0.3 is 21.7 Å². The van der Waals surface area contributed by atoms with Crippen LogP contribution in [0.1, 0.15) is 58.3 Å². The Hall–Kier alpha value is -1.14. The van der Waals surface area contributed by atoms with E-state index in [0.717, 1.165) is 6.42 Å². The van der Waals surface area contributed by atoms with Crippen LogP contribution in [-0.2, 0) is 9.59 Å². The van der Waals surface area contributed by atoms with E-state index in [1.54, 1.807) is 0 Å². The molecule has 112 valence electrons. The van der Waals surface area contributed by atoms with Crippen LogP contribution < -0.4 is 11.5 Å². The van der Waals surface area contributed by atoms with Crippen molar-refractivity contribution in [2.75, 3.05) is 0 Å². The summed E-state index contributed by atoms with van der Waals surface area (Å²) in [7, 11) is 0. The fourth-order valence-corrected chi connectivity index (χ4v) is 1.95. The highest BCUT2D eigenvalue weighted by Gasteiger charge is 2.29. The fourth-order valence-electron chi connectivity index (χ4n) is 1.95. The van der Waals surface area contributed by atoms with E-state index in [9.17, 15) is 9.59 Å². The molecular formula is C13H26N2O4. The highest BCUT2D eigenvalue weighted by molar-refractivity contribution is 5.67. The van der Waals surface area contributed by atoms with E-state index in [1.165, 1.54) is 19.3 Å². The van der Waals surface area contributed by atoms with Gasteiger partial charge in [-0.15, -0.1) is 0 Å². The Morgan fingerprint density at radius 2 is 1.58 bits per heavy atom. The number of nitrogens with two attached hydrogens (primary N) is 2. The Balaban J connectivity index is 0.000000342. The largest absolute Gasteiger partial charge is 0.481 e. The van der Waals surface area contributed by atoms with E-state index in [0.29, 0.717) is 18.8 Å². The van der Waals surface area contributed by atoms with Crippen molar-refractivity contribution in [3.63, 3.8) is 0 Å². The summed E-state index contributed by atoms with van der Waals surface area (Å²) < 4.78 is 0. The van der Waals surface area contributed by atoms with E-state index in [2.05, 4.69) is 6.92 Å². The average molecular weight is 274 g/mol. The van der Waals surface area contributed by atoms with Crippen molar-refractivity contribution in [1.29, 1.82) is 0 Å². The van der Waals surface area contributed by atoms with Crippen LogP contribution in [-0.4, -0.2) is 27.8 Å². The van der Waals surface area contributed by atoms with Crippen LogP contribution >= 0.6 is 0 Å². The van der Waals surface area contributed by atoms with Crippen molar-refractivity contribution in [2.45, 2.75) is 64.0 Å². The molecule has 0 saturated heterocycles. The molecular weight excluding hydrogens is 248 g/mol. The molecule has 6 N–H and O–H groups in total. The van der Waals surface area contributed by atoms with Gasteiger partial charge >= 0.3 is 11.9 Å². The molecule has 1 unspecified atom stereocenters. The Kier molecular flexibility index (Phi) is 8.34. The van der Waals surface area contributed by atoms with Gasteiger partial charge in [-0.1, -0.05) is 19.8 Å². The third-order valence-corrected chi connectivity index (χ3v) is 3.45. The van der Waals surface area contributed by atoms with Crippen molar-refractivity contribution in [3.05, 3.63) is 0 Å². The summed E-state index contributed by atoms with van der Waals surface area (Å²) in [6, 6.07) is 0. The summed E-state index contributed by atoms with van der Waals surface area (Å²) in [5.74, 6) is -1.23. The highest BCUT2D eigenvalue weighted by atomic mass is 16.4. The van der Waals surface area contributed by atoms with Crippen molar-refractivity contribution in [1.82, 2.24) is 0 Å². The monoisotopic (exact) mass is 274 g/mol. The molecule has 1 aliphatic rings. The quantitative estimate of drug-likeness (QED) is 0.445. The molecule has 19 heavy (non-hydrogen) atoms. The normalized spacial score (nSPS) is 21.1. The first-order chi connectivity index (χ1) is 8.75. The first-order valence-electron chi connectivity index (χ1n) is 6.77. The molecule has 1 fully saturated rings. The Labute approximate surface area is 114 Å². The average Bonchev–Trinajstić information content (AvgIpc) is 2.29. The van der Waals surface area contributed by atoms with Crippen LogP contribution in [0.15, 0.2) is 0 Å². The predicted octanol–water partition coefficient (Wildman–Crippen LogP) is 1.53. The number of unbranched alkanes of at least 4 members (excludes halogenated alkanes) is 1. The Bertz CT molecular complexity index is 276. The molecule has 0 aromatic carbocycles. The van der Waals surface area contributed by atoms with Gasteiger partial charge in [0.25, 0.3) is 0 Å². The van der Waals surface area contributed by atoms with E-state index in [1.807, 2.05) is 0 Å². The fraction of sp³-hybridized carbons (Fsp3) is 0.846. The Morgan fingerprint density at radius 1 is 1.11 bits per heavy atom. The van der Waals surface area contributed by atoms with Gasteiger partial charge in [-0.25, -0.2) is 0 Å². The van der Waals surface area contributed by atoms with Crippen molar-refractivity contribution in [3.8, 4) is 0 Å². The summed E-state index contributed by atoms with van der Waals surface area (Å²) >= 11 is 0. The first-order valence-corrected chi connectivity index (χ1v) is 6.77. The standard InChI is InChI=1S/C7H16N2.C6H10O4/c1-6-4-2-3-5-7(6,8)9;7-5(8)3-1-2-4-6(9)10/h6H,2-5,8-9H2,1H3;1-4H2,(H,7,8)(H,9,10). The van der Waals surface area contributed by atoms with E-state index in [-0.39, 0.29) is 18.5 Å². The third-order valence-electron chi connectivity index (χ3n) is 3.45. The van der Waals surface area contributed by atoms with Gasteiger partial charge in [0.2, 0.25) is 0 Å². The van der Waals surface area contributed by atoms with Gasteiger partial charge in [0, 0.05) is 12.8 Å². The van der Waals surface area contributed by atoms with Gasteiger partial charge in [0.1, 0.15) is 0 Å². The van der Waals surface area contributed by atoms with Gasteiger partial charge in [0.05, 0.1) is 5.66 Å². The van der Waals surface area contributed by atoms with E-state index >= 15 is 0 Å². The molecule has 6 nitrogen and oxygen atoms in total. The maximum Gasteiger partial charge on any atom is 0.303 e. The van der Waals surface area contributed by atoms with Gasteiger partial charge in [0.15, 0.2) is 0 Å². The van der Waals surface area contributed by atoms with Crippen molar-refractivity contribution in [2.24, 2.45) is 17.4 Å². The van der Waals surface area contributed by atoms with Crippen LogP contribution in [0, 0.1) is 5.92 Å². The summed E-state index contributed by atoms with van der Waals surface area (Å²) in [5, 5.41) is 16.3. The maximum atomic E-state index is 9.90. The van der Waals surface area contributed by atoms with Crippen molar-refractivity contribution < 1.29 is 19.8 Å². The molecule has 0 amide bonds. The molecule has 1 aliphatic carbocycles. The zero-order valence-electron chi connectivity index (χ0n) is 11.6. The smallest absolute Gasteiger partial charge is 0.303 e. The lowest BCUT2D eigenvalue weighted by Crippen LogP contribution is -2.56. The number of hydrogen-bond donors (Lipinski definition) is 4. The summed E-state index contributed by atoms with van der Waals surface area (Å²) in [6.45, 7) is 2.14. The van der Waals surface area contributed by atoms with Gasteiger partial charge in [-0.2, -0.15) is 0 Å². The molecule has 0 heterocycles. The summed E-state index contributed by atoms with van der Waals surface area (Å²) in [6.07, 6.45) is 5.72. The lowest BCUT2D eigenvalue weighted by molar-refractivity contribution is -0.139. The number of carboxylic acids is 2. The predicted molar refractivity (Wildman–Crippen MR) is 72.5 cm³/mol. The number of carbonyl (C=O) groups is 2. The molecule has 1 rings (SSSR count). The van der Waals surface area contributed by atoms with Gasteiger partial charge in [-0.05, 0) is 31.6 Å². The second kappa shape index (κ2) is 8.87. The number of hydrogen-bond acceptors (Lipinski definition) is 4. The first kappa shape index (κ1) is 17.9. The zero-order valence-corrected chi connectivity index (χ0v) is 11.6. The number of carboxylic acid groups (broad SMARTS) is 2. The minimum atomic E-state index is -0.870. The maximum absolute atomic E-state index is 9.90. The highest BCUT2D eigenvalue weighted by Crippen LogP contribution is 2.26. The van der Waals surface area contributed by atoms with Gasteiger partial charge in [-0.3, -0.25) is 9.59 Å². The van der Waals surface area contributed by atoms with E-state index < -0.39 is 11.9 Å². The second-order valence-electron chi connectivity index (χ2n) is 5.25. The lowest BCUT2D eigenvalue weighted by Gasteiger charge is -2.35. The SMILES string of the molecule is CC1CCCCC1(N)N.O=C(O)CCCCC(=O)O. The summed E-state index contributed by atoms with van der Waals surface area (Å²) in [5.41, 5.74) is 11.2. The summed E-state index contributed by atoms with van der Waals surface area (Å²) in [4.78, 5) is 19.8. The molecule has 0 bridgehead atoms. The van der Waals surface area contributed by atoms with Crippen molar-refractivity contribution >= 4 is 11.9 Å². The minimum Gasteiger partial charge on any atom is -0.481 e. The molecule has 6 heteroatoms. The van der Waals surface area contributed by atoms with Crippen LogP contribution in [0.3, 0.4) is 0 Å². The molecule has 1 saturated carbocycles. The van der Waals surface area contributed by atoms with Crippen LogP contribution in [0.2, 0.25) is 0 Å². The Morgan fingerprint density at radius 3 is 1.84 bits per heavy atom. The van der Waals surface area contributed by atoms with Crippen LogP contribution in [0.5, 0.6) is 0 Å². The molecule has 0 radical (unpaired) electrons. The molecule has 0 aromatic rings. The van der Waals surface area contributed by atoms with E-state index in [4.69, 9.17) is 21.7 Å². The topological polar surface area (TPSA) is 127 Å². The lowest BCUT2D eigenvalue weighted by atomic mass is 9.81.